The van der Waals surface area contributed by atoms with E-state index >= 15 is 0 Å². The summed E-state index contributed by atoms with van der Waals surface area (Å²) in [6, 6.07) is 3.73. The molecule has 0 atom stereocenters. The van der Waals surface area contributed by atoms with Crippen molar-refractivity contribution in [2.24, 2.45) is 0 Å². The lowest BCUT2D eigenvalue weighted by molar-refractivity contribution is 0.146. The molecular weight excluding hydrogens is 204 g/mol. The van der Waals surface area contributed by atoms with Gasteiger partial charge in [-0.3, -0.25) is 0 Å². The lowest BCUT2D eigenvalue weighted by Gasteiger charge is -2.22. The van der Waals surface area contributed by atoms with Gasteiger partial charge >= 0.3 is 0 Å². The number of hydrogen-bond acceptors (Lipinski definition) is 4. The van der Waals surface area contributed by atoms with Crippen molar-refractivity contribution in [1.29, 1.82) is 0 Å². The molecule has 84 valence electrons. The third-order valence-corrected chi connectivity index (χ3v) is 2.98. The number of hydrogen-bond donors (Lipinski definition) is 0. The van der Waals surface area contributed by atoms with Gasteiger partial charge in [0.2, 0.25) is 5.88 Å². The van der Waals surface area contributed by atoms with E-state index in [0.717, 1.165) is 18.5 Å². The van der Waals surface area contributed by atoms with Gasteiger partial charge in [-0.1, -0.05) is 6.42 Å². The second-order valence-electron chi connectivity index (χ2n) is 4.18. The van der Waals surface area contributed by atoms with Gasteiger partial charge in [0.25, 0.3) is 0 Å². The third-order valence-electron chi connectivity index (χ3n) is 2.98. The summed E-state index contributed by atoms with van der Waals surface area (Å²) < 4.78 is 7.48. The van der Waals surface area contributed by atoms with E-state index in [4.69, 9.17) is 4.74 Å². The van der Waals surface area contributed by atoms with E-state index in [-0.39, 0.29) is 0 Å². The molecule has 2 aromatic heterocycles. The molecule has 2 aromatic rings. The van der Waals surface area contributed by atoms with Crippen molar-refractivity contribution >= 4 is 5.65 Å². The molecule has 5 nitrogen and oxygen atoms in total. The number of nitrogens with zero attached hydrogens (tertiary/aromatic N) is 4. The molecule has 0 unspecified atom stereocenters. The van der Waals surface area contributed by atoms with Gasteiger partial charge < -0.3 is 4.74 Å². The van der Waals surface area contributed by atoms with Crippen molar-refractivity contribution in [2.45, 2.75) is 38.2 Å². The van der Waals surface area contributed by atoms with Crippen LogP contribution in [0.1, 0.15) is 32.1 Å². The fourth-order valence-electron chi connectivity index (χ4n) is 2.13. The van der Waals surface area contributed by atoms with Crippen LogP contribution in [-0.4, -0.2) is 25.9 Å². The molecule has 0 amide bonds. The Balaban J connectivity index is 1.77. The normalized spacial score (nSPS) is 17.8. The molecule has 0 aliphatic heterocycles. The van der Waals surface area contributed by atoms with Crippen LogP contribution < -0.4 is 4.74 Å². The maximum atomic E-state index is 5.85. The molecule has 1 saturated carbocycles. The van der Waals surface area contributed by atoms with Crippen molar-refractivity contribution in [3.05, 3.63) is 18.5 Å². The molecule has 1 fully saturated rings. The van der Waals surface area contributed by atoms with Crippen molar-refractivity contribution < 1.29 is 4.74 Å². The van der Waals surface area contributed by atoms with Gasteiger partial charge in [0.15, 0.2) is 5.65 Å². The molecule has 0 N–H and O–H groups in total. The number of aromatic nitrogens is 4. The third kappa shape index (κ3) is 1.85. The zero-order valence-electron chi connectivity index (χ0n) is 9.04. The van der Waals surface area contributed by atoms with Crippen LogP contribution in [0.25, 0.3) is 5.65 Å². The summed E-state index contributed by atoms with van der Waals surface area (Å²) in [6.07, 6.45) is 8.05. The summed E-state index contributed by atoms with van der Waals surface area (Å²) in [5.74, 6) is 0.666. The molecular formula is C11H14N4O. The summed E-state index contributed by atoms with van der Waals surface area (Å²) in [7, 11) is 0. The van der Waals surface area contributed by atoms with E-state index in [2.05, 4.69) is 15.3 Å². The Hall–Kier alpha value is -1.65. The first kappa shape index (κ1) is 9.57. The van der Waals surface area contributed by atoms with Gasteiger partial charge in [0, 0.05) is 6.07 Å². The number of rotatable bonds is 2. The standard InChI is InChI=1S/C11H14N4O/c1-2-4-9(5-3-1)16-11-7-6-10-13-12-8-15(10)14-11/h6-9H,1-5H2. The van der Waals surface area contributed by atoms with E-state index in [9.17, 15) is 0 Å². The Bertz CT molecular complexity index is 476. The van der Waals surface area contributed by atoms with Gasteiger partial charge in [0.1, 0.15) is 12.4 Å². The summed E-state index contributed by atoms with van der Waals surface area (Å²) in [6.45, 7) is 0. The van der Waals surface area contributed by atoms with E-state index in [1.54, 1.807) is 10.8 Å². The Morgan fingerprint density at radius 3 is 2.94 bits per heavy atom. The van der Waals surface area contributed by atoms with E-state index in [1.165, 1.54) is 19.3 Å². The molecule has 1 aliphatic rings. The number of fused-ring (bicyclic) bond motifs is 1. The molecule has 0 bridgehead atoms. The average Bonchev–Trinajstić information content (AvgIpc) is 2.77. The molecule has 1 aliphatic carbocycles. The van der Waals surface area contributed by atoms with Crippen molar-refractivity contribution in [2.75, 3.05) is 0 Å². The minimum absolute atomic E-state index is 0.329. The lowest BCUT2D eigenvalue weighted by Crippen LogP contribution is -2.20. The van der Waals surface area contributed by atoms with Crippen LogP contribution in [-0.2, 0) is 0 Å². The highest BCUT2D eigenvalue weighted by Crippen LogP contribution is 2.22. The molecule has 5 heteroatoms. The quantitative estimate of drug-likeness (QED) is 0.771. The average molecular weight is 218 g/mol. The van der Waals surface area contributed by atoms with Crippen LogP contribution in [0.4, 0.5) is 0 Å². The Morgan fingerprint density at radius 2 is 2.06 bits per heavy atom. The van der Waals surface area contributed by atoms with Gasteiger partial charge in [-0.25, -0.2) is 0 Å². The smallest absolute Gasteiger partial charge is 0.232 e. The molecule has 16 heavy (non-hydrogen) atoms. The Morgan fingerprint density at radius 1 is 1.19 bits per heavy atom. The molecule has 0 aromatic carbocycles. The number of ether oxygens (including phenoxy) is 1. The first-order valence-corrected chi connectivity index (χ1v) is 5.75. The van der Waals surface area contributed by atoms with Crippen molar-refractivity contribution in [1.82, 2.24) is 19.8 Å². The largest absolute Gasteiger partial charge is 0.473 e. The first-order valence-electron chi connectivity index (χ1n) is 5.75. The summed E-state index contributed by atoms with van der Waals surface area (Å²) in [5, 5.41) is 12.0. The minimum atomic E-state index is 0.329. The predicted molar refractivity (Wildman–Crippen MR) is 58.3 cm³/mol. The summed E-state index contributed by atoms with van der Waals surface area (Å²) in [4.78, 5) is 0. The molecule has 0 saturated heterocycles. The van der Waals surface area contributed by atoms with Gasteiger partial charge in [-0.2, -0.15) is 4.52 Å². The highest BCUT2D eigenvalue weighted by Gasteiger charge is 2.15. The Kier molecular flexibility index (Phi) is 2.44. The van der Waals surface area contributed by atoms with Crippen LogP contribution in [0.2, 0.25) is 0 Å². The topological polar surface area (TPSA) is 52.3 Å². The SMILES string of the molecule is c1cc2nncn2nc1OC1CCCCC1. The highest BCUT2D eigenvalue weighted by molar-refractivity contribution is 5.35. The maximum Gasteiger partial charge on any atom is 0.232 e. The highest BCUT2D eigenvalue weighted by atomic mass is 16.5. The van der Waals surface area contributed by atoms with Gasteiger partial charge in [-0.15, -0.1) is 15.3 Å². The minimum Gasteiger partial charge on any atom is -0.473 e. The van der Waals surface area contributed by atoms with E-state index < -0.39 is 0 Å². The zero-order chi connectivity index (χ0) is 10.8. The monoisotopic (exact) mass is 218 g/mol. The fraction of sp³-hybridized carbons (Fsp3) is 0.545. The van der Waals surface area contributed by atoms with Crippen molar-refractivity contribution in [3.63, 3.8) is 0 Å². The van der Waals surface area contributed by atoms with E-state index in [1.807, 2.05) is 12.1 Å². The van der Waals surface area contributed by atoms with Crippen LogP contribution in [0, 0.1) is 0 Å². The molecule has 2 heterocycles. The van der Waals surface area contributed by atoms with Gasteiger partial charge in [-0.05, 0) is 31.7 Å². The van der Waals surface area contributed by atoms with Crippen molar-refractivity contribution in [3.8, 4) is 5.88 Å². The second-order valence-corrected chi connectivity index (χ2v) is 4.18. The molecule has 0 radical (unpaired) electrons. The molecule has 3 rings (SSSR count). The summed E-state index contributed by atoms with van der Waals surface area (Å²) >= 11 is 0. The first-order chi connectivity index (χ1) is 7.92. The van der Waals surface area contributed by atoms with Crippen LogP contribution >= 0.6 is 0 Å². The van der Waals surface area contributed by atoms with Gasteiger partial charge in [0.05, 0.1) is 0 Å². The van der Waals surface area contributed by atoms with Crippen LogP contribution in [0.3, 0.4) is 0 Å². The zero-order valence-corrected chi connectivity index (χ0v) is 9.04. The molecule has 0 spiro atoms. The maximum absolute atomic E-state index is 5.85. The lowest BCUT2D eigenvalue weighted by atomic mass is 9.98. The van der Waals surface area contributed by atoms with Crippen LogP contribution in [0.15, 0.2) is 18.5 Å². The van der Waals surface area contributed by atoms with E-state index in [0.29, 0.717) is 12.0 Å². The summed E-state index contributed by atoms with van der Waals surface area (Å²) in [5.41, 5.74) is 0.746. The predicted octanol–water partition coefficient (Wildman–Crippen LogP) is 1.84. The second kappa shape index (κ2) is 4.08. The Labute approximate surface area is 93.4 Å². The van der Waals surface area contributed by atoms with Crippen LogP contribution in [0.5, 0.6) is 5.88 Å². The fourth-order valence-corrected chi connectivity index (χ4v) is 2.13.